The second-order valence-electron chi connectivity index (χ2n) is 5.45. The van der Waals surface area contributed by atoms with Crippen molar-refractivity contribution < 1.29 is 18.6 Å². The van der Waals surface area contributed by atoms with E-state index in [4.69, 9.17) is 4.74 Å². The molecule has 1 aromatic heterocycles. The van der Waals surface area contributed by atoms with Crippen LogP contribution in [0.4, 0.5) is 8.78 Å². The fourth-order valence-electron chi connectivity index (χ4n) is 2.02. The Morgan fingerprint density at radius 1 is 1.33 bits per heavy atom. The molecule has 0 aliphatic carbocycles. The van der Waals surface area contributed by atoms with Crippen LogP contribution in [0.3, 0.4) is 0 Å². The SMILES string of the molecule is COc1ccc(F)c(F)c1-c1nccn1CCC(C)(C)O. The monoisotopic (exact) mass is 296 g/mol. The molecule has 6 heteroatoms. The van der Waals surface area contributed by atoms with E-state index in [1.54, 1.807) is 24.6 Å². The third kappa shape index (κ3) is 3.39. The summed E-state index contributed by atoms with van der Waals surface area (Å²) in [5, 5.41) is 9.78. The Balaban J connectivity index is 2.44. The molecule has 0 radical (unpaired) electrons. The van der Waals surface area contributed by atoms with E-state index in [1.807, 2.05) is 0 Å². The maximum absolute atomic E-state index is 14.1. The molecule has 2 rings (SSSR count). The van der Waals surface area contributed by atoms with Gasteiger partial charge in [-0.1, -0.05) is 0 Å². The molecule has 0 atom stereocenters. The Labute approximate surface area is 122 Å². The van der Waals surface area contributed by atoms with E-state index in [2.05, 4.69) is 4.98 Å². The van der Waals surface area contributed by atoms with Gasteiger partial charge in [-0.2, -0.15) is 0 Å². The number of rotatable bonds is 5. The Hall–Kier alpha value is -1.95. The minimum Gasteiger partial charge on any atom is -0.496 e. The van der Waals surface area contributed by atoms with Gasteiger partial charge >= 0.3 is 0 Å². The summed E-state index contributed by atoms with van der Waals surface area (Å²) in [5.41, 5.74) is -0.871. The van der Waals surface area contributed by atoms with Gasteiger partial charge < -0.3 is 14.4 Å². The van der Waals surface area contributed by atoms with Crippen LogP contribution in [0, 0.1) is 11.6 Å². The maximum atomic E-state index is 14.1. The van der Waals surface area contributed by atoms with Crippen LogP contribution < -0.4 is 4.74 Å². The van der Waals surface area contributed by atoms with Crippen LogP contribution >= 0.6 is 0 Å². The van der Waals surface area contributed by atoms with Crippen LogP contribution in [-0.4, -0.2) is 27.4 Å². The van der Waals surface area contributed by atoms with Gasteiger partial charge in [0.2, 0.25) is 0 Å². The molecule has 0 spiro atoms. The van der Waals surface area contributed by atoms with Gasteiger partial charge in [-0.3, -0.25) is 0 Å². The van der Waals surface area contributed by atoms with Gasteiger partial charge in [0.15, 0.2) is 11.6 Å². The largest absolute Gasteiger partial charge is 0.496 e. The zero-order valence-electron chi connectivity index (χ0n) is 12.2. The first-order valence-corrected chi connectivity index (χ1v) is 6.59. The minimum absolute atomic E-state index is 0.0155. The van der Waals surface area contributed by atoms with Crippen molar-refractivity contribution in [2.75, 3.05) is 7.11 Å². The molecule has 1 N–H and O–H groups in total. The molecule has 0 unspecified atom stereocenters. The van der Waals surface area contributed by atoms with Crippen molar-refractivity contribution in [2.24, 2.45) is 0 Å². The first-order chi connectivity index (χ1) is 9.83. The van der Waals surface area contributed by atoms with Gasteiger partial charge in [-0.15, -0.1) is 0 Å². The van der Waals surface area contributed by atoms with Crippen LogP contribution in [0.5, 0.6) is 5.75 Å². The van der Waals surface area contributed by atoms with Crippen molar-refractivity contribution in [1.29, 1.82) is 0 Å². The summed E-state index contributed by atoms with van der Waals surface area (Å²) < 4.78 is 34.4. The number of hydrogen-bond acceptors (Lipinski definition) is 3. The highest BCUT2D eigenvalue weighted by Crippen LogP contribution is 2.33. The second kappa shape index (κ2) is 5.81. The summed E-state index contributed by atoms with van der Waals surface area (Å²) >= 11 is 0. The van der Waals surface area contributed by atoms with Crippen LogP contribution in [0.2, 0.25) is 0 Å². The first kappa shape index (κ1) is 15.4. The van der Waals surface area contributed by atoms with E-state index >= 15 is 0 Å². The summed E-state index contributed by atoms with van der Waals surface area (Å²) in [4.78, 5) is 4.09. The molecule has 0 saturated carbocycles. The highest BCUT2D eigenvalue weighted by atomic mass is 19.2. The molecule has 0 bridgehead atoms. The number of aryl methyl sites for hydroxylation is 1. The lowest BCUT2D eigenvalue weighted by Gasteiger charge is -2.18. The van der Waals surface area contributed by atoms with E-state index in [0.29, 0.717) is 13.0 Å². The minimum atomic E-state index is -0.995. The molecule has 0 aliphatic heterocycles. The fourth-order valence-corrected chi connectivity index (χ4v) is 2.02. The van der Waals surface area contributed by atoms with Gasteiger partial charge in [0.25, 0.3) is 0 Å². The van der Waals surface area contributed by atoms with Crippen molar-refractivity contribution in [2.45, 2.75) is 32.4 Å². The number of nitrogens with zero attached hydrogens (tertiary/aromatic N) is 2. The number of ether oxygens (including phenoxy) is 1. The standard InChI is InChI=1S/C15H18F2N2O2/c1-15(2,20)6-8-19-9-7-18-14(19)12-11(21-3)5-4-10(16)13(12)17/h4-5,7,9,20H,6,8H2,1-3H3. The lowest BCUT2D eigenvalue weighted by atomic mass is 10.1. The highest BCUT2D eigenvalue weighted by molar-refractivity contribution is 5.65. The quantitative estimate of drug-likeness (QED) is 0.922. The molecule has 1 aromatic carbocycles. The summed E-state index contributed by atoms with van der Waals surface area (Å²) in [6.07, 6.45) is 3.62. The highest BCUT2D eigenvalue weighted by Gasteiger charge is 2.21. The third-order valence-corrected chi connectivity index (χ3v) is 3.18. The first-order valence-electron chi connectivity index (χ1n) is 6.59. The summed E-state index contributed by atoms with van der Waals surface area (Å²) in [7, 11) is 1.39. The second-order valence-corrected chi connectivity index (χ2v) is 5.45. The maximum Gasteiger partial charge on any atom is 0.173 e. The number of hydrogen-bond donors (Lipinski definition) is 1. The molecule has 2 aromatic rings. The Bertz CT molecular complexity index is 633. The van der Waals surface area contributed by atoms with E-state index in [9.17, 15) is 13.9 Å². The molecule has 0 saturated heterocycles. The van der Waals surface area contributed by atoms with Crippen LogP contribution in [0.15, 0.2) is 24.5 Å². The molecular formula is C15H18F2N2O2. The lowest BCUT2D eigenvalue weighted by Crippen LogP contribution is -2.21. The average molecular weight is 296 g/mol. The predicted octanol–water partition coefficient (Wildman–Crippen LogP) is 3.00. The number of aromatic nitrogens is 2. The molecule has 114 valence electrons. The van der Waals surface area contributed by atoms with Crippen molar-refractivity contribution >= 4 is 0 Å². The van der Waals surface area contributed by atoms with Crippen LogP contribution in [0.1, 0.15) is 20.3 Å². The Kier molecular flexibility index (Phi) is 4.27. The third-order valence-electron chi connectivity index (χ3n) is 3.18. The van der Waals surface area contributed by atoms with Gasteiger partial charge in [0, 0.05) is 18.9 Å². The number of halogens is 2. The van der Waals surface area contributed by atoms with Crippen LogP contribution in [0.25, 0.3) is 11.4 Å². The smallest absolute Gasteiger partial charge is 0.173 e. The van der Waals surface area contributed by atoms with Gasteiger partial charge in [0.1, 0.15) is 11.6 Å². The molecule has 0 amide bonds. The van der Waals surface area contributed by atoms with Crippen molar-refractivity contribution in [1.82, 2.24) is 9.55 Å². The molecule has 1 heterocycles. The Morgan fingerprint density at radius 3 is 2.67 bits per heavy atom. The summed E-state index contributed by atoms with van der Waals surface area (Å²) in [5.74, 6) is -1.47. The molecular weight excluding hydrogens is 278 g/mol. The van der Waals surface area contributed by atoms with Crippen molar-refractivity contribution in [3.8, 4) is 17.1 Å². The van der Waals surface area contributed by atoms with E-state index < -0.39 is 17.2 Å². The topological polar surface area (TPSA) is 47.3 Å². The number of methoxy groups -OCH3 is 1. The molecule has 4 nitrogen and oxygen atoms in total. The van der Waals surface area contributed by atoms with E-state index in [1.165, 1.54) is 19.4 Å². The number of benzene rings is 1. The zero-order valence-corrected chi connectivity index (χ0v) is 12.2. The predicted molar refractivity (Wildman–Crippen MR) is 75.0 cm³/mol. The molecule has 0 fully saturated rings. The average Bonchev–Trinajstić information content (AvgIpc) is 2.86. The van der Waals surface area contributed by atoms with E-state index in [-0.39, 0.29) is 17.1 Å². The van der Waals surface area contributed by atoms with Gasteiger partial charge in [-0.05, 0) is 32.4 Å². The van der Waals surface area contributed by atoms with Gasteiger partial charge in [-0.25, -0.2) is 13.8 Å². The molecule has 0 aliphatic rings. The summed E-state index contributed by atoms with van der Waals surface area (Å²) in [6.45, 7) is 3.80. The zero-order chi connectivity index (χ0) is 15.6. The summed E-state index contributed by atoms with van der Waals surface area (Å²) in [6, 6.07) is 2.38. The van der Waals surface area contributed by atoms with Crippen molar-refractivity contribution in [3.05, 3.63) is 36.2 Å². The normalized spacial score (nSPS) is 11.7. The Morgan fingerprint density at radius 2 is 2.05 bits per heavy atom. The van der Waals surface area contributed by atoms with Gasteiger partial charge in [0.05, 0.1) is 18.3 Å². The van der Waals surface area contributed by atoms with Crippen molar-refractivity contribution in [3.63, 3.8) is 0 Å². The fraction of sp³-hybridized carbons (Fsp3) is 0.400. The lowest BCUT2D eigenvalue weighted by molar-refractivity contribution is 0.0663. The molecule has 21 heavy (non-hydrogen) atoms. The number of imidazole rings is 1. The number of aliphatic hydroxyl groups is 1. The van der Waals surface area contributed by atoms with Crippen LogP contribution in [-0.2, 0) is 6.54 Å². The van der Waals surface area contributed by atoms with E-state index in [0.717, 1.165) is 6.07 Å².